The van der Waals surface area contributed by atoms with Gasteiger partial charge in [-0.2, -0.15) is 0 Å². The van der Waals surface area contributed by atoms with Gasteiger partial charge in [-0.05, 0) is 42.5 Å². The summed E-state index contributed by atoms with van der Waals surface area (Å²) in [7, 11) is 0. The van der Waals surface area contributed by atoms with Crippen LogP contribution >= 0.6 is 35.0 Å². The zero-order valence-electron chi connectivity index (χ0n) is 13.2. The molecule has 0 atom stereocenters. The van der Waals surface area contributed by atoms with Gasteiger partial charge in [-0.25, -0.2) is 4.39 Å². The number of nitrogens with zero attached hydrogens (tertiary/aromatic N) is 2. The first-order valence-electron chi connectivity index (χ1n) is 7.48. The van der Waals surface area contributed by atoms with Crippen LogP contribution in [-0.2, 0) is 4.79 Å². The van der Waals surface area contributed by atoms with Crippen molar-refractivity contribution < 1.29 is 13.6 Å². The average molecular weight is 412 g/mol. The molecule has 0 fully saturated rings. The number of carbonyl (C=O) groups excluding carboxylic acids is 1. The van der Waals surface area contributed by atoms with Crippen molar-refractivity contribution in [3.05, 3.63) is 58.3 Å². The molecule has 26 heavy (non-hydrogen) atoms. The van der Waals surface area contributed by atoms with Crippen LogP contribution in [0.2, 0.25) is 10.0 Å². The third-order valence-corrected chi connectivity index (χ3v) is 4.81. The minimum absolute atomic E-state index is 0.0113. The van der Waals surface area contributed by atoms with Crippen LogP contribution in [0.1, 0.15) is 6.42 Å². The Balaban J connectivity index is 1.53. The predicted molar refractivity (Wildman–Crippen MR) is 100 cm³/mol. The number of rotatable bonds is 6. The highest BCUT2D eigenvalue weighted by Gasteiger charge is 2.14. The van der Waals surface area contributed by atoms with E-state index >= 15 is 0 Å². The normalized spacial score (nSPS) is 10.7. The van der Waals surface area contributed by atoms with Gasteiger partial charge in [0.2, 0.25) is 5.91 Å². The van der Waals surface area contributed by atoms with Crippen molar-refractivity contribution >= 4 is 46.9 Å². The van der Waals surface area contributed by atoms with E-state index in [9.17, 15) is 9.18 Å². The number of anilines is 1. The molecule has 1 aromatic heterocycles. The number of carbonyl (C=O) groups is 1. The molecule has 3 rings (SSSR count). The molecule has 5 nitrogen and oxygen atoms in total. The van der Waals surface area contributed by atoms with Crippen molar-refractivity contribution in [3.8, 4) is 11.5 Å². The highest BCUT2D eigenvalue weighted by atomic mass is 35.5. The van der Waals surface area contributed by atoms with E-state index in [0.29, 0.717) is 21.4 Å². The van der Waals surface area contributed by atoms with Crippen LogP contribution < -0.4 is 5.32 Å². The second-order valence-corrected chi connectivity index (χ2v) is 7.15. The maximum absolute atomic E-state index is 12.8. The molecule has 1 heterocycles. The van der Waals surface area contributed by atoms with Gasteiger partial charge in [-0.15, -0.1) is 16.9 Å². The molecule has 0 saturated carbocycles. The Bertz CT molecular complexity index is 919. The summed E-state index contributed by atoms with van der Waals surface area (Å²) in [5.41, 5.74) is 0.524. The standard InChI is InChI=1S/C17H12Cl2FN3O2S/c18-10-1-6-13(14(19)9-10)16-22-23-17(25-16)21-15(24)7-8-26-12-4-2-11(20)3-5-12/h1-6,9H,7-8H2,(H,21,23,24). The first-order valence-corrected chi connectivity index (χ1v) is 9.22. The van der Waals surface area contributed by atoms with Crippen molar-refractivity contribution in [1.82, 2.24) is 10.2 Å². The van der Waals surface area contributed by atoms with Gasteiger partial charge in [-0.1, -0.05) is 28.3 Å². The Hall–Kier alpha value is -2.09. The van der Waals surface area contributed by atoms with E-state index in [4.69, 9.17) is 27.6 Å². The monoisotopic (exact) mass is 411 g/mol. The molecule has 0 unspecified atom stereocenters. The number of nitrogens with one attached hydrogen (secondary N) is 1. The van der Waals surface area contributed by atoms with Crippen molar-refractivity contribution in [2.24, 2.45) is 0 Å². The highest BCUT2D eigenvalue weighted by Crippen LogP contribution is 2.30. The molecular formula is C17H12Cl2FN3O2S. The summed E-state index contributed by atoms with van der Waals surface area (Å²) < 4.78 is 18.2. The number of benzene rings is 2. The molecule has 0 radical (unpaired) electrons. The Morgan fingerprint density at radius 2 is 1.92 bits per heavy atom. The SMILES string of the molecule is O=C(CCSc1ccc(F)cc1)Nc1nnc(-c2ccc(Cl)cc2Cl)o1. The average Bonchev–Trinajstić information content (AvgIpc) is 3.04. The lowest BCUT2D eigenvalue weighted by Gasteiger charge is -2.02. The third kappa shape index (κ3) is 4.97. The Labute approximate surface area is 162 Å². The van der Waals surface area contributed by atoms with Gasteiger partial charge < -0.3 is 4.42 Å². The Kier molecular flexibility index (Phi) is 6.13. The van der Waals surface area contributed by atoms with Gasteiger partial charge in [0.25, 0.3) is 5.89 Å². The molecule has 0 bridgehead atoms. The molecule has 2 aromatic carbocycles. The van der Waals surface area contributed by atoms with Gasteiger partial charge >= 0.3 is 6.01 Å². The van der Waals surface area contributed by atoms with Crippen molar-refractivity contribution in [2.45, 2.75) is 11.3 Å². The first kappa shape index (κ1) is 18.7. The van der Waals surface area contributed by atoms with Gasteiger partial charge in [0, 0.05) is 22.1 Å². The lowest BCUT2D eigenvalue weighted by molar-refractivity contribution is -0.115. The number of aromatic nitrogens is 2. The second kappa shape index (κ2) is 8.53. The largest absolute Gasteiger partial charge is 0.403 e. The minimum Gasteiger partial charge on any atom is -0.403 e. The fourth-order valence-electron chi connectivity index (χ4n) is 2.02. The van der Waals surface area contributed by atoms with Crippen molar-refractivity contribution in [3.63, 3.8) is 0 Å². The fourth-order valence-corrected chi connectivity index (χ4v) is 3.36. The predicted octanol–water partition coefficient (Wildman–Crippen LogP) is 5.30. The van der Waals surface area contributed by atoms with E-state index in [1.807, 2.05) is 0 Å². The molecule has 0 aliphatic rings. The molecule has 3 aromatic rings. The molecule has 9 heteroatoms. The molecule has 1 N–H and O–H groups in total. The molecule has 1 amide bonds. The van der Waals surface area contributed by atoms with E-state index in [-0.39, 0.29) is 30.1 Å². The third-order valence-electron chi connectivity index (χ3n) is 3.24. The van der Waals surface area contributed by atoms with E-state index in [1.54, 1.807) is 30.3 Å². The first-order chi connectivity index (χ1) is 12.5. The summed E-state index contributed by atoms with van der Waals surface area (Å²) in [5.74, 6) is 0.154. The summed E-state index contributed by atoms with van der Waals surface area (Å²) in [6, 6.07) is 10.9. The van der Waals surface area contributed by atoms with Crippen LogP contribution in [0.15, 0.2) is 51.8 Å². The summed E-state index contributed by atoms with van der Waals surface area (Å²) in [4.78, 5) is 12.8. The smallest absolute Gasteiger partial charge is 0.322 e. The lowest BCUT2D eigenvalue weighted by Crippen LogP contribution is -2.12. The Morgan fingerprint density at radius 1 is 1.15 bits per heavy atom. The van der Waals surface area contributed by atoms with Crippen LogP contribution in [0.5, 0.6) is 0 Å². The van der Waals surface area contributed by atoms with Gasteiger partial charge in [0.15, 0.2) is 0 Å². The summed E-state index contributed by atoms with van der Waals surface area (Å²) >= 11 is 13.4. The van der Waals surface area contributed by atoms with Gasteiger partial charge in [0.05, 0.1) is 10.6 Å². The molecular weight excluding hydrogens is 400 g/mol. The van der Waals surface area contributed by atoms with Gasteiger partial charge in [-0.3, -0.25) is 10.1 Å². The highest BCUT2D eigenvalue weighted by molar-refractivity contribution is 7.99. The van der Waals surface area contributed by atoms with Crippen LogP contribution in [0, 0.1) is 5.82 Å². The van der Waals surface area contributed by atoms with Crippen LogP contribution in [0.25, 0.3) is 11.5 Å². The topological polar surface area (TPSA) is 68.0 Å². The quantitative estimate of drug-likeness (QED) is 0.557. The summed E-state index contributed by atoms with van der Waals surface area (Å²) in [6.07, 6.45) is 0.238. The van der Waals surface area contributed by atoms with E-state index in [0.717, 1.165) is 4.90 Å². The van der Waals surface area contributed by atoms with E-state index < -0.39 is 0 Å². The summed E-state index contributed by atoms with van der Waals surface area (Å²) in [5, 5.41) is 11.0. The second-order valence-electron chi connectivity index (χ2n) is 5.14. The van der Waals surface area contributed by atoms with Crippen LogP contribution in [0.4, 0.5) is 10.4 Å². The van der Waals surface area contributed by atoms with Crippen molar-refractivity contribution in [2.75, 3.05) is 11.1 Å². The van der Waals surface area contributed by atoms with Crippen molar-refractivity contribution in [1.29, 1.82) is 0 Å². The lowest BCUT2D eigenvalue weighted by atomic mass is 10.2. The number of amides is 1. The molecule has 0 aliphatic carbocycles. The molecule has 0 aliphatic heterocycles. The molecule has 134 valence electrons. The van der Waals surface area contributed by atoms with Gasteiger partial charge in [0.1, 0.15) is 5.82 Å². The number of hydrogen-bond donors (Lipinski definition) is 1. The number of halogens is 3. The zero-order chi connectivity index (χ0) is 18.5. The molecule has 0 saturated heterocycles. The summed E-state index contributed by atoms with van der Waals surface area (Å²) in [6.45, 7) is 0. The van der Waals surface area contributed by atoms with E-state index in [2.05, 4.69) is 15.5 Å². The number of thioether (sulfide) groups is 1. The zero-order valence-corrected chi connectivity index (χ0v) is 15.5. The molecule has 0 spiro atoms. The van der Waals surface area contributed by atoms with Crippen LogP contribution in [-0.4, -0.2) is 21.9 Å². The number of hydrogen-bond acceptors (Lipinski definition) is 5. The van der Waals surface area contributed by atoms with E-state index in [1.165, 1.54) is 23.9 Å². The fraction of sp³-hybridized carbons (Fsp3) is 0.118. The Morgan fingerprint density at radius 3 is 2.65 bits per heavy atom. The maximum atomic E-state index is 12.8. The van der Waals surface area contributed by atoms with Crippen LogP contribution in [0.3, 0.4) is 0 Å². The minimum atomic E-state index is -0.292. The maximum Gasteiger partial charge on any atom is 0.322 e.